The molecule has 1 spiro atoms. The highest BCUT2D eigenvalue weighted by molar-refractivity contribution is 5.99. The van der Waals surface area contributed by atoms with E-state index in [4.69, 9.17) is 4.74 Å². The van der Waals surface area contributed by atoms with Gasteiger partial charge in [-0.25, -0.2) is 4.48 Å². The fourth-order valence-electron chi connectivity index (χ4n) is 3.14. The number of ether oxygens (including phenoxy) is 1. The first-order valence-electron chi connectivity index (χ1n) is 9.33. The molecular weight excluding hydrogens is 312 g/mol. The van der Waals surface area contributed by atoms with Gasteiger partial charge in [0.25, 0.3) is 5.91 Å². The number of nitrogens with zero attached hydrogens (tertiary/aromatic N) is 1. The van der Waals surface area contributed by atoms with Gasteiger partial charge in [0.1, 0.15) is 18.9 Å². The van der Waals surface area contributed by atoms with Gasteiger partial charge in [-0.05, 0) is 39.0 Å². The first-order chi connectivity index (χ1) is 12.0. The van der Waals surface area contributed by atoms with Crippen molar-refractivity contribution in [1.82, 2.24) is 9.80 Å². The average Bonchev–Trinajstić information content (AvgIpc) is 3.06. The Morgan fingerprint density at radius 2 is 1.76 bits per heavy atom. The Morgan fingerprint density at radius 1 is 1.16 bits per heavy atom. The highest BCUT2D eigenvalue weighted by atomic mass is 16.5. The first-order valence-corrected chi connectivity index (χ1v) is 9.33. The quantitative estimate of drug-likeness (QED) is 0.765. The second kappa shape index (κ2) is 8.86. The maximum absolute atomic E-state index is 12.3. The van der Waals surface area contributed by atoms with Crippen LogP contribution >= 0.6 is 0 Å². The van der Waals surface area contributed by atoms with Crippen LogP contribution in [0.1, 0.15) is 58.8 Å². The predicted octanol–water partition coefficient (Wildman–Crippen LogP) is 5.01. The lowest BCUT2D eigenvalue weighted by atomic mass is 10.0. The number of benzene rings is 1. The van der Waals surface area contributed by atoms with Gasteiger partial charge in [-0.1, -0.05) is 33.8 Å². The van der Waals surface area contributed by atoms with E-state index in [9.17, 15) is 4.79 Å². The van der Waals surface area contributed by atoms with E-state index in [2.05, 4.69) is 31.6 Å². The van der Waals surface area contributed by atoms with Gasteiger partial charge in [-0.15, -0.1) is 0 Å². The molecule has 0 aromatic heterocycles. The lowest BCUT2D eigenvalue weighted by Crippen LogP contribution is -2.54. The third-order valence-electron chi connectivity index (χ3n) is 3.86. The Labute approximate surface area is 152 Å². The second-order valence-corrected chi connectivity index (χ2v) is 6.15. The number of nitrogens with one attached hydrogen (secondary N) is 1. The number of hydrogen-bond donors (Lipinski definition) is 1. The van der Waals surface area contributed by atoms with Crippen molar-refractivity contribution in [3.8, 4) is 5.75 Å². The van der Waals surface area contributed by atoms with Gasteiger partial charge >= 0.3 is 0 Å². The standard InChI is InChI=1S/C17H20N2O2.2C2H6/c1-4-18-16(20)13-8-7-9-14-15(13)21-17(2,3)12-19(14)10-5-6-11-19;2*1-2/h5-11H,4,12H2,1-3H3;2*1-2H3/p+1. The second-order valence-electron chi connectivity index (χ2n) is 6.15. The van der Waals surface area contributed by atoms with Gasteiger partial charge < -0.3 is 10.1 Å². The molecule has 0 bridgehead atoms. The molecule has 4 nitrogen and oxygen atoms in total. The zero-order valence-corrected chi connectivity index (χ0v) is 16.7. The summed E-state index contributed by atoms with van der Waals surface area (Å²) >= 11 is 0. The first kappa shape index (κ1) is 21.0. The Kier molecular flexibility index (Phi) is 7.43. The van der Waals surface area contributed by atoms with Crippen LogP contribution in [0.25, 0.3) is 0 Å². The zero-order chi connectivity index (χ0) is 19.1. The lowest BCUT2D eigenvalue weighted by molar-refractivity contribution is 0.0662. The van der Waals surface area contributed by atoms with Gasteiger partial charge in [0, 0.05) is 12.6 Å². The third kappa shape index (κ3) is 4.31. The van der Waals surface area contributed by atoms with Gasteiger partial charge in [0.2, 0.25) is 0 Å². The molecule has 0 aliphatic carbocycles. The molecule has 138 valence electrons. The van der Waals surface area contributed by atoms with E-state index in [0.717, 1.165) is 12.2 Å². The number of rotatable bonds is 2. The summed E-state index contributed by atoms with van der Waals surface area (Å²) < 4.78 is 6.77. The molecule has 1 aromatic rings. The number of amides is 1. The third-order valence-corrected chi connectivity index (χ3v) is 3.86. The van der Waals surface area contributed by atoms with Crippen LogP contribution in [0.5, 0.6) is 5.75 Å². The number of fused-ring (bicyclic) bond motifs is 2. The summed E-state index contributed by atoms with van der Waals surface area (Å²) in [6.07, 6.45) is 8.38. The fourth-order valence-corrected chi connectivity index (χ4v) is 3.14. The number of para-hydroxylation sites is 1. The largest absolute Gasteiger partial charge is 0.475 e. The SMILES string of the molecule is CC.CC.CCNC(=O)c1cccc2c1OC(C)(C)C[N+]21C=CC=C1. The summed E-state index contributed by atoms with van der Waals surface area (Å²) in [5.74, 6) is 0.605. The summed E-state index contributed by atoms with van der Waals surface area (Å²) in [6.45, 7) is 15.4. The highest BCUT2D eigenvalue weighted by Gasteiger charge is 2.45. The van der Waals surface area contributed by atoms with Gasteiger partial charge in [-0.3, -0.25) is 4.79 Å². The van der Waals surface area contributed by atoms with Crippen molar-refractivity contribution in [1.29, 1.82) is 0 Å². The van der Waals surface area contributed by atoms with Crippen molar-refractivity contribution in [3.05, 3.63) is 48.3 Å². The van der Waals surface area contributed by atoms with Crippen molar-refractivity contribution in [3.63, 3.8) is 0 Å². The molecule has 0 unspecified atom stereocenters. The summed E-state index contributed by atoms with van der Waals surface area (Å²) in [5, 5.41) is 2.86. The van der Waals surface area contributed by atoms with Crippen LogP contribution in [-0.2, 0) is 0 Å². The minimum absolute atomic E-state index is 0.0858. The van der Waals surface area contributed by atoms with Gasteiger partial charge in [-0.2, -0.15) is 0 Å². The van der Waals surface area contributed by atoms with Crippen LogP contribution in [0.15, 0.2) is 42.8 Å². The van der Waals surface area contributed by atoms with E-state index in [0.29, 0.717) is 22.3 Å². The van der Waals surface area contributed by atoms with Crippen molar-refractivity contribution in [2.45, 2.75) is 54.1 Å². The Morgan fingerprint density at radius 3 is 2.32 bits per heavy atom. The number of quaternary nitrogens is 1. The monoisotopic (exact) mass is 345 g/mol. The Hall–Kier alpha value is -2.07. The van der Waals surface area contributed by atoms with Crippen molar-refractivity contribution in [2.75, 3.05) is 13.1 Å². The minimum Gasteiger partial charge on any atom is -0.475 e. The lowest BCUT2D eigenvalue weighted by Gasteiger charge is -2.42. The summed E-state index contributed by atoms with van der Waals surface area (Å²) in [5.41, 5.74) is 1.28. The van der Waals surface area contributed by atoms with E-state index in [1.165, 1.54) is 0 Å². The maximum atomic E-state index is 12.3. The number of carbonyl (C=O) groups excluding carboxylic acids is 1. The molecule has 2 heterocycles. The molecule has 25 heavy (non-hydrogen) atoms. The Bertz CT molecular complexity index is 633. The zero-order valence-electron chi connectivity index (χ0n) is 16.7. The normalized spacial score (nSPS) is 17.4. The maximum Gasteiger partial charge on any atom is 0.255 e. The number of allylic oxidation sites excluding steroid dienone is 2. The van der Waals surface area contributed by atoms with Crippen molar-refractivity contribution in [2.24, 2.45) is 0 Å². The van der Waals surface area contributed by atoms with Crippen molar-refractivity contribution < 1.29 is 9.53 Å². The summed E-state index contributed by atoms with van der Waals surface area (Å²) in [7, 11) is 0. The van der Waals surface area contributed by atoms with Crippen LogP contribution in [0.4, 0.5) is 5.69 Å². The van der Waals surface area contributed by atoms with Gasteiger partial charge in [0.15, 0.2) is 17.0 Å². The van der Waals surface area contributed by atoms with E-state index >= 15 is 0 Å². The molecule has 0 fully saturated rings. The molecule has 3 rings (SSSR count). The number of hydrogen-bond acceptors (Lipinski definition) is 2. The highest BCUT2D eigenvalue weighted by Crippen LogP contribution is 2.45. The van der Waals surface area contributed by atoms with Crippen LogP contribution in [0.3, 0.4) is 0 Å². The molecule has 1 amide bonds. The molecule has 0 saturated heterocycles. The smallest absolute Gasteiger partial charge is 0.255 e. The van der Waals surface area contributed by atoms with Crippen LogP contribution < -0.4 is 14.5 Å². The minimum atomic E-state index is -0.339. The molecule has 0 radical (unpaired) electrons. The molecule has 2 aliphatic rings. The summed E-state index contributed by atoms with van der Waals surface area (Å²) in [6, 6.07) is 5.78. The van der Waals surface area contributed by atoms with E-state index in [1.54, 1.807) is 0 Å². The Balaban J connectivity index is 0.000000730. The molecule has 1 N–H and O–H groups in total. The molecule has 0 saturated carbocycles. The topological polar surface area (TPSA) is 38.3 Å². The molecule has 2 aliphatic heterocycles. The molecule has 0 atom stereocenters. The average molecular weight is 346 g/mol. The molecule has 4 heteroatoms. The van der Waals surface area contributed by atoms with E-state index in [-0.39, 0.29) is 11.5 Å². The van der Waals surface area contributed by atoms with Crippen LogP contribution in [0, 0.1) is 0 Å². The fraction of sp³-hybridized carbons (Fsp3) is 0.476. The van der Waals surface area contributed by atoms with Crippen LogP contribution in [0.2, 0.25) is 0 Å². The van der Waals surface area contributed by atoms with Gasteiger partial charge in [0.05, 0.1) is 5.56 Å². The molecule has 1 aromatic carbocycles. The van der Waals surface area contributed by atoms with E-state index < -0.39 is 0 Å². The molecular formula is C21H33N2O2+. The van der Waals surface area contributed by atoms with Crippen molar-refractivity contribution >= 4 is 11.6 Å². The predicted molar refractivity (Wildman–Crippen MR) is 107 cm³/mol. The summed E-state index contributed by atoms with van der Waals surface area (Å²) in [4.78, 5) is 12.3. The number of carbonyl (C=O) groups is 1. The van der Waals surface area contributed by atoms with Crippen LogP contribution in [-0.4, -0.2) is 24.6 Å². The van der Waals surface area contributed by atoms with E-state index in [1.807, 2.05) is 65.0 Å².